The van der Waals surface area contributed by atoms with Crippen molar-refractivity contribution in [3.05, 3.63) is 114 Å². The minimum atomic E-state index is -0.281. The molecule has 1 amide bonds. The third kappa shape index (κ3) is 7.15. The molecule has 0 fully saturated rings. The number of carbonyl (C=O) groups excluding carboxylic acids is 1. The van der Waals surface area contributed by atoms with Crippen LogP contribution in [0.5, 0.6) is 17.2 Å². The normalized spacial score (nSPS) is 10.9. The van der Waals surface area contributed by atoms with Crippen molar-refractivity contribution < 1.29 is 19.0 Å². The number of hydrazone groups is 1. The standard InChI is InChI=1S/C32H29N5O4S/c1-39-27-16-14-26(15-17-27)37-31(25-11-7-4-8-12-25)35-36-32(37)42-22-30(38)34-33-20-24-13-18-28(29(19-24)40-2)41-21-23-9-5-3-6-10-23/h3-20H,21-22H2,1-2H3,(H,34,38)/b33-20-. The molecule has 0 saturated carbocycles. The molecule has 0 radical (unpaired) electrons. The molecular formula is C32H29N5O4S. The van der Waals surface area contributed by atoms with Crippen molar-refractivity contribution in [1.82, 2.24) is 20.2 Å². The highest BCUT2D eigenvalue weighted by Crippen LogP contribution is 2.30. The smallest absolute Gasteiger partial charge is 0.250 e. The fraction of sp³-hybridized carbons (Fsp3) is 0.125. The van der Waals surface area contributed by atoms with Crippen molar-refractivity contribution in [3.63, 3.8) is 0 Å². The quantitative estimate of drug-likeness (QED) is 0.114. The molecule has 1 N–H and O–H groups in total. The van der Waals surface area contributed by atoms with Crippen LogP contribution in [0.4, 0.5) is 0 Å². The van der Waals surface area contributed by atoms with E-state index in [4.69, 9.17) is 14.2 Å². The number of benzene rings is 4. The summed E-state index contributed by atoms with van der Waals surface area (Å²) in [5.41, 5.74) is 6.15. The molecule has 212 valence electrons. The number of amides is 1. The van der Waals surface area contributed by atoms with E-state index < -0.39 is 0 Å². The first-order chi connectivity index (χ1) is 20.6. The summed E-state index contributed by atoms with van der Waals surface area (Å²) in [6, 6.07) is 32.7. The third-order valence-electron chi connectivity index (χ3n) is 6.16. The number of aromatic nitrogens is 3. The highest BCUT2D eigenvalue weighted by atomic mass is 32.2. The Bertz CT molecular complexity index is 1640. The van der Waals surface area contributed by atoms with E-state index in [2.05, 4.69) is 20.7 Å². The number of nitrogens with zero attached hydrogens (tertiary/aromatic N) is 4. The molecular weight excluding hydrogens is 550 g/mol. The van der Waals surface area contributed by atoms with E-state index in [-0.39, 0.29) is 11.7 Å². The average Bonchev–Trinajstić information content (AvgIpc) is 3.48. The summed E-state index contributed by atoms with van der Waals surface area (Å²) in [6.45, 7) is 0.428. The molecule has 0 aliphatic heterocycles. The van der Waals surface area contributed by atoms with Crippen LogP contribution in [0, 0.1) is 0 Å². The molecule has 0 aliphatic rings. The Morgan fingerprint density at radius 3 is 2.33 bits per heavy atom. The molecule has 1 aromatic heterocycles. The zero-order valence-electron chi connectivity index (χ0n) is 23.1. The Morgan fingerprint density at radius 2 is 1.62 bits per heavy atom. The number of nitrogens with one attached hydrogen (secondary N) is 1. The lowest BCUT2D eigenvalue weighted by Gasteiger charge is -2.11. The second kappa shape index (κ2) is 14.0. The minimum Gasteiger partial charge on any atom is -0.497 e. The van der Waals surface area contributed by atoms with Gasteiger partial charge in [0, 0.05) is 11.3 Å². The van der Waals surface area contributed by atoms with Gasteiger partial charge in [-0.25, -0.2) is 5.43 Å². The summed E-state index contributed by atoms with van der Waals surface area (Å²) in [5, 5.41) is 13.5. The lowest BCUT2D eigenvalue weighted by Crippen LogP contribution is -2.20. The van der Waals surface area contributed by atoms with Crippen molar-refractivity contribution in [2.75, 3.05) is 20.0 Å². The topological polar surface area (TPSA) is 99.9 Å². The Hall–Kier alpha value is -5.09. The van der Waals surface area contributed by atoms with Crippen LogP contribution in [0.1, 0.15) is 11.1 Å². The van der Waals surface area contributed by atoms with E-state index in [9.17, 15) is 4.79 Å². The molecule has 9 nitrogen and oxygen atoms in total. The monoisotopic (exact) mass is 579 g/mol. The zero-order valence-corrected chi connectivity index (χ0v) is 24.0. The average molecular weight is 580 g/mol. The number of ether oxygens (including phenoxy) is 3. The fourth-order valence-electron chi connectivity index (χ4n) is 4.06. The van der Waals surface area contributed by atoms with E-state index in [0.29, 0.717) is 29.1 Å². The predicted molar refractivity (Wildman–Crippen MR) is 164 cm³/mol. The maximum absolute atomic E-state index is 12.6. The van der Waals surface area contributed by atoms with E-state index >= 15 is 0 Å². The number of carbonyl (C=O) groups is 1. The van der Waals surface area contributed by atoms with Gasteiger partial charge in [-0.3, -0.25) is 9.36 Å². The molecule has 4 aromatic carbocycles. The number of hydrogen-bond acceptors (Lipinski definition) is 8. The van der Waals surface area contributed by atoms with E-state index in [0.717, 1.165) is 28.1 Å². The Labute approximate surface area is 248 Å². The predicted octanol–water partition coefficient (Wildman–Crippen LogP) is 5.77. The van der Waals surface area contributed by atoms with E-state index in [1.807, 2.05) is 102 Å². The summed E-state index contributed by atoms with van der Waals surface area (Å²) < 4.78 is 18.6. The fourth-order valence-corrected chi connectivity index (χ4v) is 4.81. The summed E-state index contributed by atoms with van der Waals surface area (Å²) in [4.78, 5) is 12.6. The van der Waals surface area contributed by atoms with Gasteiger partial charge in [-0.15, -0.1) is 10.2 Å². The maximum atomic E-state index is 12.6. The van der Waals surface area contributed by atoms with Gasteiger partial charge in [-0.2, -0.15) is 5.10 Å². The van der Waals surface area contributed by atoms with Gasteiger partial charge >= 0.3 is 0 Å². The van der Waals surface area contributed by atoms with Crippen LogP contribution in [0.15, 0.2) is 113 Å². The van der Waals surface area contributed by atoms with Gasteiger partial charge in [0.15, 0.2) is 22.5 Å². The number of rotatable bonds is 12. The second-order valence-corrected chi connectivity index (χ2v) is 9.91. The SMILES string of the molecule is COc1ccc(-n2c(SCC(=O)N/N=C\c3ccc(OCc4ccccc4)c(OC)c3)nnc2-c2ccccc2)cc1. The maximum Gasteiger partial charge on any atom is 0.250 e. The first-order valence-electron chi connectivity index (χ1n) is 13.1. The summed E-state index contributed by atoms with van der Waals surface area (Å²) >= 11 is 1.27. The molecule has 0 bridgehead atoms. The highest BCUT2D eigenvalue weighted by molar-refractivity contribution is 7.99. The molecule has 10 heteroatoms. The molecule has 5 rings (SSSR count). The number of methoxy groups -OCH3 is 2. The minimum absolute atomic E-state index is 0.0933. The van der Waals surface area contributed by atoms with Crippen molar-refractivity contribution in [1.29, 1.82) is 0 Å². The van der Waals surface area contributed by atoms with Crippen molar-refractivity contribution in [2.24, 2.45) is 5.10 Å². The Balaban J connectivity index is 1.22. The van der Waals surface area contributed by atoms with E-state index in [1.165, 1.54) is 11.8 Å². The molecule has 0 aliphatic carbocycles. The van der Waals surface area contributed by atoms with Gasteiger partial charge in [-0.1, -0.05) is 72.4 Å². The van der Waals surface area contributed by atoms with Gasteiger partial charge in [0.1, 0.15) is 12.4 Å². The molecule has 0 spiro atoms. The van der Waals surface area contributed by atoms with Crippen LogP contribution >= 0.6 is 11.8 Å². The summed E-state index contributed by atoms with van der Waals surface area (Å²) in [7, 11) is 3.21. The molecule has 0 unspecified atom stereocenters. The Kier molecular flexibility index (Phi) is 9.48. The molecule has 0 saturated heterocycles. The van der Waals surface area contributed by atoms with Crippen LogP contribution in [0.25, 0.3) is 17.1 Å². The van der Waals surface area contributed by atoms with Crippen LogP contribution < -0.4 is 19.6 Å². The lowest BCUT2D eigenvalue weighted by atomic mass is 10.2. The van der Waals surface area contributed by atoms with Crippen LogP contribution in [-0.2, 0) is 11.4 Å². The summed E-state index contributed by atoms with van der Waals surface area (Å²) in [5.74, 6) is 2.42. The van der Waals surface area contributed by atoms with Gasteiger partial charge in [0.25, 0.3) is 5.91 Å². The van der Waals surface area contributed by atoms with Crippen LogP contribution in [0.2, 0.25) is 0 Å². The van der Waals surface area contributed by atoms with Gasteiger partial charge in [0.2, 0.25) is 0 Å². The van der Waals surface area contributed by atoms with Gasteiger partial charge < -0.3 is 14.2 Å². The van der Waals surface area contributed by atoms with Crippen LogP contribution in [-0.4, -0.2) is 46.9 Å². The van der Waals surface area contributed by atoms with Crippen LogP contribution in [0.3, 0.4) is 0 Å². The van der Waals surface area contributed by atoms with Crippen molar-refractivity contribution in [3.8, 4) is 34.3 Å². The first kappa shape index (κ1) is 28.4. The number of thioether (sulfide) groups is 1. The summed E-state index contributed by atoms with van der Waals surface area (Å²) in [6.07, 6.45) is 1.55. The van der Waals surface area contributed by atoms with Crippen molar-refractivity contribution in [2.45, 2.75) is 11.8 Å². The second-order valence-electron chi connectivity index (χ2n) is 8.97. The van der Waals surface area contributed by atoms with Gasteiger partial charge in [0.05, 0.1) is 26.2 Å². The first-order valence-corrected chi connectivity index (χ1v) is 14.1. The molecule has 5 aromatic rings. The zero-order chi connectivity index (χ0) is 29.1. The highest BCUT2D eigenvalue weighted by Gasteiger charge is 2.17. The van der Waals surface area contributed by atoms with Crippen molar-refractivity contribution >= 4 is 23.9 Å². The largest absolute Gasteiger partial charge is 0.497 e. The molecule has 1 heterocycles. The number of hydrogen-bond donors (Lipinski definition) is 1. The molecule has 0 atom stereocenters. The third-order valence-corrected chi connectivity index (χ3v) is 7.08. The van der Waals surface area contributed by atoms with Gasteiger partial charge in [-0.05, 0) is 53.6 Å². The van der Waals surface area contributed by atoms with E-state index in [1.54, 1.807) is 26.5 Å². The lowest BCUT2D eigenvalue weighted by molar-refractivity contribution is -0.118. The molecule has 42 heavy (non-hydrogen) atoms. The Morgan fingerprint density at radius 1 is 0.881 bits per heavy atom.